The first kappa shape index (κ1) is 31.1. The van der Waals surface area contributed by atoms with Crippen molar-refractivity contribution in [2.45, 2.75) is 45.3 Å². The summed E-state index contributed by atoms with van der Waals surface area (Å²) in [7, 11) is -8.03. The molecule has 0 fully saturated rings. The lowest BCUT2D eigenvalue weighted by Crippen LogP contribution is -2.23. The first-order valence-corrected chi connectivity index (χ1v) is 10.2. The summed E-state index contributed by atoms with van der Waals surface area (Å²) in [5.41, 5.74) is -5.65. The van der Waals surface area contributed by atoms with Crippen molar-refractivity contribution in [2.24, 2.45) is 14.1 Å². The van der Waals surface area contributed by atoms with E-state index in [1.807, 2.05) is 24.9 Å². The predicted molar refractivity (Wildman–Crippen MR) is 97.7 cm³/mol. The molecule has 31 heavy (non-hydrogen) atoms. The molecule has 0 saturated heterocycles. The van der Waals surface area contributed by atoms with E-state index < -0.39 is 22.9 Å². The molecule has 0 aliphatic heterocycles. The SMILES string of the molecule is CCCCn1cc[n+](C)c1.CCn1cc[n+](C)c1.F[B-](F)(F)F.O=S(=O)([O-])C(F)(F)F. The number of hydrogen-bond donors (Lipinski definition) is 0. The van der Waals surface area contributed by atoms with Crippen molar-refractivity contribution in [3.63, 3.8) is 0 Å². The molecule has 2 rings (SSSR count). The molecule has 16 heteroatoms. The van der Waals surface area contributed by atoms with E-state index in [4.69, 9.17) is 13.0 Å². The van der Waals surface area contributed by atoms with Crippen LogP contribution in [-0.2, 0) is 37.3 Å². The van der Waals surface area contributed by atoms with Crippen LogP contribution in [0, 0.1) is 0 Å². The Morgan fingerprint density at radius 2 is 1.29 bits per heavy atom. The molecular weight excluding hydrogens is 460 g/mol. The van der Waals surface area contributed by atoms with Crippen LogP contribution in [0.1, 0.15) is 26.7 Å². The second kappa shape index (κ2) is 14.1. The third-order valence-electron chi connectivity index (χ3n) is 3.07. The van der Waals surface area contributed by atoms with E-state index in [2.05, 4.69) is 58.8 Å². The molecule has 0 aromatic carbocycles. The van der Waals surface area contributed by atoms with Crippen LogP contribution in [0.5, 0.6) is 0 Å². The highest BCUT2D eigenvalue weighted by molar-refractivity contribution is 7.86. The van der Waals surface area contributed by atoms with E-state index in [0.717, 1.165) is 13.1 Å². The Morgan fingerprint density at radius 3 is 1.48 bits per heavy atom. The standard InChI is InChI=1S/C8H15N2.C6H11N2.CHF3O3S.BF4/c1-3-4-5-10-7-6-9(2)8-10;1-3-8-5-4-7(2)6-8;2-1(3,4)8(5,6)7;2-1(3,4)5/h6-8H,3-5H2,1-2H3;4-6H,3H2,1-2H3;(H,5,6,7);/q2*+1;;-1/p-1. The second-order valence-electron chi connectivity index (χ2n) is 5.97. The van der Waals surface area contributed by atoms with Gasteiger partial charge in [-0.1, -0.05) is 13.3 Å². The van der Waals surface area contributed by atoms with Crippen LogP contribution in [0.15, 0.2) is 37.4 Å². The van der Waals surface area contributed by atoms with E-state index >= 15 is 0 Å². The number of halogens is 7. The zero-order chi connectivity index (χ0) is 24.9. The number of imidazole rings is 2. The van der Waals surface area contributed by atoms with Crippen molar-refractivity contribution >= 4 is 17.4 Å². The van der Waals surface area contributed by atoms with Gasteiger partial charge in [0.05, 0.1) is 27.2 Å². The van der Waals surface area contributed by atoms with E-state index in [0.29, 0.717) is 0 Å². The maximum atomic E-state index is 10.7. The maximum absolute atomic E-state index is 10.7. The van der Waals surface area contributed by atoms with Gasteiger partial charge in [-0.15, -0.1) is 0 Å². The smallest absolute Gasteiger partial charge is 0.673 e. The van der Waals surface area contributed by atoms with Crippen LogP contribution in [0.2, 0.25) is 0 Å². The molecule has 2 heterocycles. The van der Waals surface area contributed by atoms with Gasteiger partial charge >= 0.3 is 12.8 Å². The molecule has 0 amide bonds. The van der Waals surface area contributed by atoms with Crippen molar-refractivity contribution in [2.75, 3.05) is 0 Å². The van der Waals surface area contributed by atoms with Crippen molar-refractivity contribution in [3.05, 3.63) is 37.4 Å². The number of nitrogens with zero attached hydrogens (tertiary/aromatic N) is 4. The zero-order valence-corrected chi connectivity index (χ0v) is 18.3. The predicted octanol–water partition coefficient (Wildman–Crippen LogP) is 2.80. The normalized spacial score (nSPS) is 11.4. The van der Waals surface area contributed by atoms with Gasteiger partial charge in [0.25, 0.3) is 0 Å². The van der Waals surface area contributed by atoms with Crippen LogP contribution in [0.4, 0.5) is 30.4 Å². The molecule has 182 valence electrons. The molecule has 0 N–H and O–H groups in total. The summed E-state index contributed by atoms with van der Waals surface area (Å²) in [6.07, 6.45) is 15.0. The van der Waals surface area contributed by atoms with Gasteiger partial charge in [0, 0.05) is 0 Å². The summed E-state index contributed by atoms with van der Waals surface area (Å²) in [6, 6.07) is 0. The topological polar surface area (TPSA) is 74.8 Å². The Morgan fingerprint density at radius 1 is 0.935 bits per heavy atom. The Hall–Kier alpha value is -2.10. The third kappa shape index (κ3) is 19.6. The molecule has 0 radical (unpaired) electrons. The Labute approximate surface area is 176 Å². The van der Waals surface area contributed by atoms with Crippen molar-refractivity contribution < 1.29 is 52.5 Å². The second-order valence-corrected chi connectivity index (χ2v) is 7.35. The average Bonchev–Trinajstić information content (AvgIpc) is 3.19. The van der Waals surface area contributed by atoms with E-state index in [1.54, 1.807) is 0 Å². The first-order chi connectivity index (χ1) is 13.9. The minimum Gasteiger partial charge on any atom is -0.741 e. The number of alkyl halides is 3. The number of unbranched alkanes of at least 4 members (excludes halogenated alkanes) is 1. The van der Waals surface area contributed by atoms with Crippen molar-refractivity contribution in [1.82, 2.24) is 9.13 Å². The number of aryl methyl sites for hydroxylation is 4. The lowest BCUT2D eigenvalue weighted by atomic mass is 10.3. The van der Waals surface area contributed by atoms with Gasteiger partial charge in [0.1, 0.15) is 24.8 Å². The van der Waals surface area contributed by atoms with Crippen molar-refractivity contribution in [1.29, 1.82) is 0 Å². The molecule has 7 nitrogen and oxygen atoms in total. The van der Waals surface area contributed by atoms with Crippen LogP contribution >= 0.6 is 0 Å². The van der Waals surface area contributed by atoms with Gasteiger partial charge in [0.15, 0.2) is 10.1 Å². The van der Waals surface area contributed by atoms with Crippen LogP contribution < -0.4 is 9.13 Å². The highest BCUT2D eigenvalue weighted by Crippen LogP contribution is 2.20. The zero-order valence-electron chi connectivity index (χ0n) is 17.4. The van der Waals surface area contributed by atoms with Gasteiger partial charge in [-0.2, -0.15) is 13.2 Å². The van der Waals surface area contributed by atoms with E-state index in [9.17, 15) is 30.4 Å². The summed E-state index contributed by atoms with van der Waals surface area (Å²) in [6.45, 7) is 6.54. The van der Waals surface area contributed by atoms with Crippen molar-refractivity contribution in [3.8, 4) is 0 Å². The Balaban J connectivity index is 0. The molecule has 0 atom stereocenters. The molecule has 0 spiro atoms. The maximum Gasteiger partial charge on any atom is 0.673 e. The lowest BCUT2D eigenvalue weighted by Gasteiger charge is -2.08. The average molecular weight is 486 g/mol. The highest BCUT2D eigenvalue weighted by atomic mass is 32.2. The summed E-state index contributed by atoms with van der Waals surface area (Å²) in [4.78, 5) is 0. The van der Waals surface area contributed by atoms with E-state index in [-0.39, 0.29) is 0 Å². The van der Waals surface area contributed by atoms with Crippen LogP contribution in [0.3, 0.4) is 0 Å². The molecule has 0 unspecified atom stereocenters. The largest absolute Gasteiger partial charge is 0.741 e. The van der Waals surface area contributed by atoms with Gasteiger partial charge in [-0.3, -0.25) is 0 Å². The minimum atomic E-state index is -6.09. The monoisotopic (exact) mass is 486 g/mol. The summed E-state index contributed by atoms with van der Waals surface area (Å²) >= 11 is 0. The van der Waals surface area contributed by atoms with Gasteiger partial charge in [0.2, 0.25) is 12.7 Å². The minimum absolute atomic E-state index is 1.06. The fourth-order valence-electron chi connectivity index (χ4n) is 1.66. The number of rotatable bonds is 4. The molecule has 2 aromatic rings. The van der Waals surface area contributed by atoms with Crippen LogP contribution in [-0.4, -0.2) is 34.9 Å². The fraction of sp³-hybridized carbons (Fsp3) is 0.600. The highest BCUT2D eigenvalue weighted by Gasteiger charge is 2.36. The summed E-state index contributed by atoms with van der Waals surface area (Å²) in [5, 5.41) is 0. The third-order valence-corrected chi connectivity index (χ3v) is 3.63. The van der Waals surface area contributed by atoms with Crippen LogP contribution in [0.25, 0.3) is 0 Å². The number of aromatic nitrogens is 4. The lowest BCUT2D eigenvalue weighted by molar-refractivity contribution is -0.671. The first-order valence-electron chi connectivity index (χ1n) is 8.82. The molecule has 2 aromatic heterocycles. The summed E-state index contributed by atoms with van der Waals surface area (Å²) < 4.78 is 106. The molecule has 0 bridgehead atoms. The number of hydrogen-bond acceptors (Lipinski definition) is 3. The fourth-order valence-corrected chi connectivity index (χ4v) is 1.66. The quantitative estimate of drug-likeness (QED) is 0.219. The van der Waals surface area contributed by atoms with Gasteiger partial charge in [-0.05, 0) is 13.3 Å². The molecule has 0 saturated carbocycles. The van der Waals surface area contributed by atoms with Gasteiger partial charge in [-0.25, -0.2) is 26.7 Å². The summed E-state index contributed by atoms with van der Waals surface area (Å²) in [5.74, 6) is 0. The Kier molecular flexibility index (Phi) is 14.1. The molecular formula is C15H26BF7N4O3S. The molecule has 0 aliphatic carbocycles. The Bertz CT molecular complexity index is 830. The van der Waals surface area contributed by atoms with E-state index in [1.165, 1.54) is 12.8 Å². The molecule has 0 aliphatic rings. The van der Waals surface area contributed by atoms with Gasteiger partial charge < -0.3 is 21.8 Å².